The van der Waals surface area contributed by atoms with Gasteiger partial charge < -0.3 is 15.0 Å². The Balaban J connectivity index is 1.94. The van der Waals surface area contributed by atoms with Gasteiger partial charge in [-0.15, -0.1) is 11.3 Å². The Morgan fingerprint density at radius 2 is 2.32 bits per heavy atom. The minimum atomic E-state index is -0.370. The van der Waals surface area contributed by atoms with Gasteiger partial charge in [-0.2, -0.15) is 0 Å². The average molecular weight is 320 g/mol. The number of esters is 1. The maximum Gasteiger partial charge on any atom is 0.337 e. The quantitative estimate of drug-likeness (QED) is 0.822. The highest BCUT2D eigenvalue weighted by Gasteiger charge is 2.37. The van der Waals surface area contributed by atoms with Gasteiger partial charge in [-0.05, 0) is 0 Å². The van der Waals surface area contributed by atoms with Gasteiger partial charge >= 0.3 is 5.97 Å². The van der Waals surface area contributed by atoms with Crippen molar-refractivity contribution in [2.45, 2.75) is 19.4 Å². The molecule has 0 bridgehead atoms. The largest absolute Gasteiger partial charge is 0.466 e. The number of amidine groups is 1. The number of hydrogen-bond donors (Lipinski definition) is 1. The Morgan fingerprint density at radius 1 is 1.50 bits per heavy atom. The van der Waals surface area contributed by atoms with Gasteiger partial charge in [0.2, 0.25) is 5.91 Å². The van der Waals surface area contributed by atoms with Crippen LogP contribution in [0.25, 0.3) is 0 Å². The molecule has 1 amide bonds. The van der Waals surface area contributed by atoms with Crippen LogP contribution in [0.4, 0.5) is 0 Å². The first-order chi connectivity index (χ1) is 10.6. The van der Waals surface area contributed by atoms with E-state index in [2.05, 4.69) is 15.3 Å². The summed E-state index contributed by atoms with van der Waals surface area (Å²) in [6, 6.07) is -0.0459. The average Bonchev–Trinajstić information content (AvgIpc) is 3.13. The molecule has 22 heavy (non-hydrogen) atoms. The fourth-order valence-electron chi connectivity index (χ4n) is 2.78. The number of aromatic nitrogens is 1. The Kier molecular flexibility index (Phi) is 3.93. The lowest BCUT2D eigenvalue weighted by Gasteiger charge is -2.26. The van der Waals surface area contributed by atoms with Crippen LogP contribution >= 0.6 is 11.3 Å². The van der Waals surface area contributed by atoms with E-state index in [4.69, 9.17) is 4.74 Å². The summed E-state index contributed by atoms with van der Waals surface area (Å²) in [5.74, 6) is 0.300. The van der Waals surface area contributed by atoms with Crippen LogP contribution in [0.1, 0.15) is 18.4 Å². The van der Waals surface area contributed by atoms with Crippen LogP contribution in [0, 0.1) is 0 Å². The first kappa shape index (κ1) is 14.7. The van der Waals surface area contributed by atoms with E-state index in [1.807, 2.05) is 10.3 Å². The van der Waals surface area contributed by atoms with Crippen LogP contribution in [0.2, 0.25) is 0 Å². The van der Waals surface area contributed by atoms with Gasteiger partial charge in [0.05, 0.1) is 25.3 Å². The molecule has 1 aromatic rings. The highest BCUT2D eigenvalue weighted by Crippen LogP contribution is 2.31. The topological polar surface area (TPSA) is 83.9 Å². The van der Waals surface area contributed by atoms with Gasteiger partial charge in [-0.3, -0.25) is 9.79 Å². The summed E-state index contributed by atoms with van der Waals surface area (Å²) in [7, 11) is 1.36. The molecule has 1 fully saturated rings. The molecule has 2 aliphatic heterocycles. The Labute approximate surface area is 131 Å². The zero-order valence-corrected chi connectivity index (χ0v) is 13.1. The molecule has 2 aliphatic rings. The van der Waals surface area contributed by atoms with Crippen molar-refractivity contribution in [3.05, 3.63) is 27.9 Å². The second-order valence-electron chi connectivity index (χ2n) is 5.11. The van der Waals surface area contributed by atoms with Crippen LogP contribution in [-0.2, 0) is 14.3 Å². The molecule has 3 heterocycles. The first-order valence-corrected chi connectivity index (χ1v) is 7.77. The Bertz CT molecular complexity index is 666. The summed E-state index contributed by atoms with van der Waals surface area (Å²) in [5, 5.41) is 5.60. The summed E-state index contributed by atoms with van der Waals surface area (Å²) in [4.78, 5) is 34.0. The molecule has 0 spiro atoms. The molecule has 1 atom stereocenters. The summed E-state index contributed by atoms with van der Waals surface area (Å²) in [6.07, 6.45) is 2.32. The van der Waals surface area contributed by atoms with Crippen LogP contribution in [0.5, 0.6) is 0 Å². The number of methoxy groups -OCH3 is 1. The zero-order chi connectivity index (χ0) is 15.7. The van der Waals surface area contributed by atoms with Crippen molar-refractivity contribution in [2.24, 2.45) is 4.99 Å². The first-order valence-electron chi connectivity index (χ1n) is 6.89. The standard InChI is InChI=1S/C14H16N4O3S/c1-8(19)17-9-5-11-10(14(20)21-2)6-16-12(18(11)7-9)13-15-3-4-22-13/h3-4,9H,5-7H2,1-2H3,(H,17,19). The minimum Gasteiger partial charge on any atom is -0.466 e. The van der Waals surface area contributed by atoms with E-state index in [9.17, 15) is 9.59 Å². The van der Waals surface area contributed by atoms with Crippen LogP contribution < -0.4 is 5.32 Å². The van der Waals surface area contributed by atoms with Crippen molar-refractivity contribution >= 4 is 29.0 Å². The van der Waals surface area contributed by atoms with Crippen molar-refractivity contribution < 1.29 is 14.3 Å². The normalized spacial score (nSPS) is 20.5. The number of thiazole rings is 1. The maximum absolute atomic E-state index is 12.0. The number of nitrogens with zero attached hydrogens (tertiary/aromatic N) is 3. The van der Waals surface area contributed by atoms with Crippen LogP contribution in [0.3, 0.4) is 0 Å². The number of rotatable bonds is 3. The number of ether oxygens (including phenoxy) is 1. The minimum absolute atomic E-state index is 0.0459. The lowest BCUT2D eigenvalue weighted by molar-refractivity contribution is -0.136. The second kappa shape index (κ2) is 5.88. The van der Waals surface area contributed by atoms with Crippen molar-refractivity contribution in [3.63, 3.8) is 0 Å². The number of nitrogens with one attached hydrogen (secondary N) is 1. The third-order valence-electron chi connectivity index (χ3n) is 3.62. The molecule has 0 saturated carbocycles. The van der Waals surface area contributed by atoms with E-state index in [-0.39, 0.29) is 24.5 Å². The van der Waals surface area contributed by atoms with Gasteiger partial charge in [0.1, 0.15) is 0 Å². The van der Waals surface area contributed by atoms with Gasteiger partial charge in [0, 0.05) is 37.2 Å². The van der Waals surface area contributed by atoms with Gasteiger partial charge in [-0.25, -0.2) is 9.78 Å². The van der Waals surface area contributed by atoms with Crippen LogP contribution in [0.15, 0.2) is 27.8 Å². The predicted octanol–water partition coefficient (Wildman–Crippen LogP) is 0.541. The summed E-state index contributed by atoms with van der Waals surface area (Å²) < 4.78 is 4.85. The number of aliphatic imine (C=N–C) groups is 1. The lowest BCUT2D eigenvalue weighted by Crippen LogP contribution is -2.38. The van der Waals surface area contributed by atoms with Gasteiger partial charge in [-0.1, -0.05) is 0 Å². The molecule has 1 N–H and O–H groups in total. The third-order valence-corrected chi connectivity index (χ3v) is 4.39. The lowest BCUT2D eigenvalue weighted by atomic mass is 10.1. The molecule has 3 rings (SSSR count). The molecule has 1 aromatic heterocycles. The number of fused-ring (bicyclic) bond motifs is 1. The molecular weight excluding hydrogens is 304 g/mol. The molecule has 0 aromatic carbocycles. The molecule has 8 heteroatoms. The van der Waals surface area contributed by atoms with E-state index in [0.717, 1.165) is 16.5 Å². The summed E-state index contributed by atoms with van der Waals surface area (Å²) in [6.45, 7) is 2.34. The van der Waals surface area contributed by atoms with E-state index in [0.29, 0.717) is 18.5 Å². The molecule has 7 nitrogen and oxygen atoms in total. The molecule has 1 saturated heterocycles. The molecule has 1 unspecified atom stereocenters. The molecule has 116 valence electrons. The number of hydrogen-bond acceptors (Lipinski definition) is 7. The van der Waals surface area contributed by atoms with Crippen LogP contribution in [-0.4, -0.2) is 53.8 Å². The highest BCUT2D eigenvalue weighted by molar-refractivity contribution is 7.11. The molecule has 0 aliphatic carbocycles. The van der Waals surface area contributed by atoms with Crippen molar-refractivity contribution in [1.82, 2.24) is 15.2 Å². The van der Waals surface area contributed by atoms with E-state index in [1.165, 1.54) is 25.4 Å². The van der Waals surface area contributed by atoms with E-state index >= 15 is 0 Å². The number of carbonyl (C=O) groups excluding carboxylic acids is 2. The fraction of sp³-hybridized carbons (Fsp3) is 0.429. The van der Waals surface area contributed by atoms with E-state index in [1.54, 1.807) is 6.20 Å². The van der Waals surface area contributed by atoms with E-state index < -0.39 is 0 Å². The fourth-order valence-corrected chi connectivity index (χ4v) is 3.43. The van der Waals surface area contributed by atoms with Crippen molar-refractivity contribution in [2.75, 3.05) is 20.2 Å². The highest BCUT2D eigenvalue weighted by atomic mass is 32.1. The molecule has 0 radical (unpaired) electrons. The second-order valence-corrected chi connectivity index (χ2v) is 6.00. The molecular formula is C14H16N4O3S. The van der Waals surface area contributed by atoms with Gasteiger partial charge in [0.25, 0.3) is 0 Å². The number of amides is 1. The predicted molar refractivity (Wildman–Crippen MR) is 81.5 cm³/mol. The monoisotopic (exact) mass is 320 g/mol. The van der Waals surface area contributed by atoms with Crippen molar-refractivity contribution in [1.29, 1.82) is 0 Å². The van der Waals surface area contributed by atoms with Gasteiger partial charge in [0.15, 0.2) is 10.8 Å². The maximum atomic E-state index is 12.0. The Hall–Kier alpha value is -2.22. The third kappa shape index (κ3) is 2.61. The summed E-state index contributed by atoms with van der Waals surface area (Å²) in [5.41, 5.74) is 1.42. The number of carbonyl (C=O) groups is 2. The zero-order valence-electron chi connectivity index (χ0n) is 12.3. The smallest absolute Gasteiger partial charge is 0.337 e. The SMILES string of the molecule is COC(=O)C1=C2CC(NC(C)=O)CN2C(c2nccs2)=NC1. The Morgan fingerprint density at radius 3 is 2.95 bits per heavy atom. The summed E-state index contributed by atoms with van der Waals surface area (Å²) >= 11 is 1.50. The van der Waals surface area contributed by atoms with Crippen molar-refractivity contribution in [3.8, 4) is 0 Å².